The van der Waals surface area contributed by atoms with Crippen LogP contribution in [0.4, 0.5) is 5.69 Å². The number of halogens is 2. The third kappa shape index (κ3) is 3.98. The molecule has 0 saturated carbocycles. The number of pyridine rings is 1. The second-order valence-corrected chi connectivity index (χ2v) is 8.73. The number of rotatable bonds is 3. The van der Waals surface area contributed by atoms with E-state index in [1.54, 1.807) is 0 Å². The topological polar surface area (TPSA) is 42.0 Å². The molecule has 3 nitrogen and oxygen atoms in total. The molecule has 0 unspecified atom stereocenters. The molecule has 0 aliphatic heterocycles. The van der Waals surface area contributed by atoms with Crippen LogP contribution in [0.5, 0.6) is 0 Å². The van der Waals surface area contributed by atoms with Gasteiger partial charge in [-0.05, 0) is 68.3 Å². The number of amides is 1. The predicted octanol–water partition coefficient (Wildman–Crippen LogP) is 7.50. The number of aromatic nitrogens is 1. The second kappa shape index (κ2) is 8.21. The van der Waals surface area contributed by atoms with Crippen molar-refractivity contribution >= 4 is 50.0 Å². The fourth-order valence-electron chi connectivity index (χ4n) is 3.57. The Labute approximate surface area is 189 Å². The summed E-state index contributed by atoms with van der Waals surface area (Å²) in [6.07, 6.45) is 0. The molecule has 0 bridgehead atoms. The van der Waals surface area contributed by atoms with Gasteiger partial charge in [-0.15, -0.1) is 0 Å². The summed E-state index contributed by atoms with van der Waals surface area (Å²) in [7, 11) is 0. The monoisotopic (exact) mass is 478 g/mol. The fourth-order valence-corrected chi connectivity index (χ4v) is 4.01. The molecule has 4 aromatic rings. The van der Waals surface area contributed by atoms with Gasteiger partial charge in [0.25, 0.3) is 5.91 Å². The fraction of sp³-hybridized carbons (Fsp3) is 0.120. The molecule has 0 spiro atoms. The van der Waals surface area contributed by atoms with Crippen molar-refractivity contribution in [2.75, 3.05) is 5.32 Å². The molecule has 0 radical (unpaired) electrons. The van der Waals surface area contributed by atoms with Crippen LogP contribution in [-0.4, -0.2) is 10.9 Å². The van der Waals surface area contributed by atoms with Crippen molar-refractivity contribution in [1.82, 2.24) is 4.98 Å². The average Bonchev–Trinajstić information content (AvgIpc) is 2.71. The van der Waals surface area contributed by atoms with Crippen LogP contribution in [0.2, 0.25) is 5.02 Å². The minimum absolute atomic E-state index is 0.184. The predicted molar refractivity (Wildman–Crippen MR) is 128 cm³/mol. The zero-order chi connectivity index (χ0) is 21.4. The first-order valence-electron chi connectivity index (χ1n) is 9.58. The number of nitrogens with zero attached hydrogens (tertiary/aromatic N) is 1. The molecular formula is C25H20BrClN2O. The molecule has 150 valence electrons. The number of anilines is 1. The minimum atomic E-state index is -0.184. The van der Waals surface area contributed by atoms with Gasteiger partial charge in [0.1, 0.15) is 0 Å². The molecule has 1 N–H and O–H groups in total. The summed E-state index contributed by atoms with van der Waals surface area (Å²) in [4.78, 5) is 18.2. The Morgan fingerprint density at radius 1 is 1.00 bits per heavy atom. The van der Waals surface area contributed by atoms with Crippen molar-refractivity contribution in [3.63, 3.8) is 0 Å². The van der Waals surface area contributed by atoms with Crippen molar-refractivity contribution in [2.45, 2.75) is 20.8 Å². The quantitative estimate of drug-likeness (QED) is 0.330. The number of carbonyl (C=O) groups excluding carboxylic acids is 1. The van der Waals surface area contributed by atoms with Crippen LogP contribution in [0, 0.1) is 20.8 Å². The van der Waals surface area contributed by atoms with E-state index in [0.29, 0.717) is 16.3 Å². The largest absolute Gasteiger partial charge is 0.322 e. The molecule has 30 heavy (non-hydrogen) atoms. The van der Waals surface area contributed by atoms with E-state index in [1.807, 2.05) is 75.4 Å². The number of aryl methyl sites for hydroxylation is 2. The number of hydrogen-bond donors (Lipinski definition) is 1. The highest BCUT2D eigenvalue weighted by Crippen LogP contribution is 2.30. The zero-order valence-electron chi connectivity index (χ0n) is 16.9. The summed E-state index contributed by atoms with van der Waals surface area (Å²) in [5.41, 5.74) is 6.79. The van der Waals surface area contributed by atoms with Crippen molar-refractivity contribution in [3.05, 3.63) is 92.4 Å². The standard InChI is InChI=1S/C25H20BrClN2O/c1-14-11-15(2)24-19(12-14)20(13-23(28-24)17-7-9-18(26)10-8-17)25(30)29-22-6-4-5-21(27)16(22)3/h4-13H,1-3H3,(H,29,30). The number of fused-ring (bicyclic) bond motifs is 1. The summed E-state index contributed by atoms with van der Waals surface area (Å²) < 4.78 is 0.994. The number of nitrogens with one attached hydrogen (secondary N) is 1. The van der Waals surface area contributed by atoms with Crippen LogP contribution in [0.25, 0.3) is 22.2 Å². The van der Waals surface area contributed by atoms with Gasteiger partial charge in [-0.25, -0.2) is 4.98 Å². The van der Waals surface area contributed by atoms with Crippen molar-refractivity contribution in [3.8, 4) is 11.3 Å². The SMILES string of the molecule is Cc1cc(C)c2nc(-c3ccc(Br)cc3)cc(C(=O)Nc3cccc(Cl)c3C)c2c1. The molecule has 5 heteroatoms. The molecule has 1 amide bonds. The maximum absolute atomic E-state index is 13.4. The maximum Gasteiger partial charge on any atom is 0.256 e. The van der Waals surface area contributed by atoms with Gasteiger partial charge in [0.2, 0.25) is 0 Å². The second-order valence-electron chi connectivity index (χ2n) is 7.41. The Hall–Kier alpha value is -2.69. The van der Waals surface area contributed by atoms with E-state index in [4.69, 9.17) is 16.6 Å². The first-order chi connectivity index (χ1) is 14.3. The molecule has 3 aromatic carbocycles. The van der Waals surface area contributed by atoms with Gasteiger partial charge in [-0.3, -0.25) is 4.79 Å². The van der Waals surface area contributed by atoms with Crippen molar-refractivity contribution in [1.29, 1.82) is 0 Å². The lowest BCUT2D eigenvalue weighted by atomic mass is 9.99. The molecule has 1 aromatic heterocycles. The smallest absolute Gasteiger partial charge is 0.256 e. The maximum atomic E-state index is 13.4. The van der Waals surface area contributed by atoms with Crippen LogP contribution in [0.3, 0.4) is 0 Å². The Morgan fingerprint density at radius 3 is 2.47 bits per heavy atom. The molecule has 0 aliphatic rings. The van der Waals surface area contributed by atoms with E-state index in [0.717, 1.165) is 43.3 Å². The Morgan fingerprint density at radius 2 is 1.73 bits per heavy atom. The summed E-state index contributed by atoms with van der Waals surface area (Å²) in [6.45, 7) is 5.94. The minimum Gasteiger partial charge on any atom is -0.322 e. The lowest BCUT2D eigenvalue weighted by molar-refractivity contribution is 0.102. The summed E-state index contributed by atoms with van der Waals surface area (Å²) in [5, 5.41) is 4.49. The molecule has 0 fully saturated rings. The first-order valence-corrected chi connectivity index (χ1v) is 10.7. The molecule has 0 aliphatic carbocycles. The lowest BCUT2D eigenvalue weighted by Gasteiger charge is -2.14. The van der Waals surface area contributed by atoms with Gasteiger partial charge < -0.3 is 5.32 Å². The lowest BCUT2D eigenvalue weighted by Crippen LogP contribution is -2.14. The van der Waals surface area contributed by atoms with Gasteiger partial charge in [-0.2, -0.15) is 0 Å². The van der Waals surface area contributed by atoms with E-state index in [2.05, 4.69) is 27.3 Å². The van der Waals surface area contributed by atoms with Gasteiger partial charge in [0.05, 0.1) is 16.8 Å². The Kier molecular flexibility index (Phi) is 5.63. The third-order valence-corrected chi connectivity index (χ3v) is 6.09. The van der Waals surface area contributed by atoms with Crippen molar-refractivity contribution in [2.24, 2.45) is 0 Å². The molecule has 4 rings (SSSR count). The molecular weight excluding hydrogens is 460 g/mol. The van der Waals surface area contributed by atoms with Gasteiger partial charge >= 0.3 is 0 Å². The highest BCUT2D eigenvalue weighted by Gasteiger charge is 2.17. The van der Waals surface area contributed by atoms with Crippen molar-refractivity contribution < 1.29 is 4.79 Å². The summed E-state index contributed by atoms with van der Waals surface area (Å²) in [5.74, 6) is -0.184. The number of hydrogen-bond acceptors (Lipinski definition) is 2. The van der Waals surface area contributed by atoms with Crippen LogP contribution in [0.15, 0.2) is 65.1 Å². The average molecular weight is 480 g/mol. The Balaban J connectivity index is 1.89. The first kappa shape index (κ1) is 20.6. The highest BCUT2D eigenvalue weighted by molar-refractivity contribution is 9.10. The van der Waals surface area contributed by atoms with E-state index < -0.39 is 0 Å². The van der Waals surface area contributed by atoms with E-state index in [1.165, 1.54) is 0 Å². The van der Waals surface area contributed by atoms with Gasteiger partial charge in [-0.1, -0.05) is 57.4 Å². The van der Waals surface area contributed by atoms with Crippen LogP contribution in [0.1, 0.15) is 27.0 Å². The van der Waals surface area contributed by atoms with E-state index in [-0.39, 0.29) is 5.91 Å². The van der Waals surface area contributed by atoms with Gasteiger partial charge in [0.15, 0.2) is 0 Å². The third-order valence-electron chi connectivity index (χ3n) is 5.15. The number of benzene rings is 3. The van der Waals surface area contributed by atoms with Crippen LogP contribution < -0.4 is 5.32 Å². The highest BCUT2D eigenvalue weighted by atomic mass is 79.9. The van der Waals surface area contributed by atoms with Crippen LogP contribution >= 0.6 is 27.5 Å². The molecule has 1 heterocycles. The summed E-state index contributed by atoms with van der Waals surface area (Å²) >= 11 is 9.70. The molecule has 0 atom stereocenters. The normalized spacial score (nSPS) is 11.0. The Bertz CT molecular complexity index is 1280. The van der Waals surface area contributed by atoms with E-state index >= 15 is 0 Å². The zero-order valence-corrected chi connectivity index (χ0v) is 19.2. The van der Waals surface area contributed by atoms with E-state index in [9.17, 15) is 4.79 Å². The molecule has 0 saturated heterocycles. The van der Waals surface area contributed by atoms with Crippen LogP contribution in [-0.2, 0) is 0 Å². The number of carbonyl (C=O) groups is 1. The van der Waals surface area contributed by atoms with Gasteiger partial charge in [0, 0.05) is 26.1 Å². The summed E-state index contributed by atoms with van der Waals surface area (Å²) in [6, 6.07) is 19.4.